The second kappa shape index (κ2) is 5.15. The number of fused-ring (bicyclic) bond motifs is 1. The summed E-state index contributed by atoms with van der Waals surface area (Å²) in [6.45, 7) is 0.714. The summed E-state index contributed by atoms with van der Waals surface area (Å²) in [4.78, 5) is 16.5. The first kappa shape index (κ1) is 12.8. The average Bonchev–Trinajstić information content (AvgIpc) is 3.05. The second-order valence-corrected chi connectivity index (χ2v) is 5.33. The summed E-state index contributed by atoms with van der Waals surface area (Å²) in [6, 6.07) is 16.1. The number of hydrogen-bond donors (Lipinski definition) is 1. The Labute approximate surface area is 128 Å². The first-order valence-electron chi connectivity index (χ1n) is 7.33. The van der Waals surface area contributed by atoms with E-state index in [4.69, 9.17) is 0 Å². The molecule has 0 atom stereocenters. The number of benzene rings is 2. The quantitative estimate of drug-likeness (QED) is 0.788. The Bertz CT molecular complexity index is 837. The zero-order valence-corrected chi connectivity index (χ0v) is 12.0. The van der Waals surface area contributed by atoms with Gasteiger partial charge in [-0.05, 0) is 24.1 Å². The van der Waals surface area contributed by atoms with Crippen LogP contribution in [0.15, 0.2) is 60.9 Å². The third kappa shape index (κ3) is 2.09. The van der Waals surface area contributed by atoms with E-state index in [1.807, 2.05) is 59.3 Å². The van der Waals surface area contributed by atoms with Crippen LogP contribution in [0.1, 0.15) is 15.9 Å². The van der Waals surface area contributed by atoms with E-state index >= 15 is 0 Å². The molecule has 0 aliphatic carbocycles. The topological polar surface area (TPSA) is 46.9 Å². The zero-order chi connectivity index (χ0) is 14.9. The van der Waals surface area contributed by atoms with E-state index in [0.717, 1.165) is 34.6 Å². The van der Waals surface area contributed by atoms with E-state index in [-0.39, 0.29) is 5.91 Å². The van der Waals surface area contributed by atoms with Crippen molar-refractivity contribution in [1.82, 2.24) is 14.9 Å². The summed E-state index contributed by atoms with van der Waals surface area (Å²) in [5.41, 5.74) is 3.87. The molecule has 108 valence electrons. The largest absolute Gasteiger partial charge is 0.352 e. The maximum Gasteiger partial charge on any atom is 0.251 e. The van der Waals surface area contributed by atoms with Crippen molar-refractivity contribution in [2.24, 2.45) is 0 Å². The molecular formula is C18H15N3O. The minimum absolute atomic E-state index is 0.00414. The normalized spacial score (nSPS) is 13.5. The Hall–Kier alpha value is -2.88. The summed E-state index contributed by atoms with van der Waals surface area (Å²) in [5, 5.41) is 2.89. The first-order chi connectivity index (χ1) is 10.8. The molecule has 3 aromatic rings. The molecule has 0 saturated carbocycles. The van der Waals surface area contributed by atoms with Crippen molar-refractivity contribution in [3.8, 4) is 17.1 Å². The van der Waals surface area contributed by atoms with Crippen LogP contribution in [0.5, 0.6) is 0 Å². The fourth-order valence-corrected chi connectivity index (χ4v) is 2.86. The van der Waals surface area contributed by atoms with E-state index in [1.165, 1.54) is 0 Å². The summed E-state index contributed by atoms with van der Waals surface area (Å²) in [7, 11) is 0. The number of nitrogens with zero attached hydrogens (tertiary/aromatic N) is 2. The molecule has 0 unspecified atom stereocenters. The van der Waals surface area contributed by atoms with E-state index in [9.17, 15) is 4.79 Å². The molecule has 2 aromatic carbocycles. The fraction of sp³-hybridized carbons (Fsp3) is 0.111. The van der Waals surface area contributed by atoms with Gasteiger partial charge in [0, 0.05) is 35.8 Å². The molecule has 0 spiro atoms. The van der Waals surface area contributed by atoms with Crippen molar-refractivity contribution in [2.45, 2.75) is 6.42 Å². The average molecular weight is 289 g/mol. The number of imidazole rings is 1. The SMILES string of the molecule is O=C1NCCc2ccc(-n3ccnc3-c3ccccc3)cc21. The summed E-state index contributed by atoms with van der Waals surface area (Å²) < 4.78 is 2.01. The number of carbonyl (C=O) groups is 1. The molecule has 0 saturated heterocycles. The lowest BCUT2D eigenvalue weighted by Crippen LogP contribution is -2.31. The number of nitrogens with one attached hydrogen (secondary N) is 1. The monoisotopic (exact) mass is 289 g/mol. The number of carbonyl (C=O) groups excluding carboxylic acids is 1. The summed E-state index contributed by atoms with van der Waals surface area (Å²) in [5.74, 6) is 0.876. The van der Waals surface area contributed by atoms with Crippen LogP contribution in [-0.4, -0.2) is 22.0 Å². The number of amides is 1. The molecule has 0 fully saturated rings. The molecule has 0 radical (unpaired) electrons. The van der Waals surface area contributed by atoms with Crippen LogP contribution in [0.3, 0.4) is 0 Å². The molecular weight excluding hydrogens is 274 g/mol. The minimum Gasteiger partial charge on any atom is -0.352 e. The second-order valence-electron chi connectivity index (χ2n) is 5.33. The van der Waals surface area contributed by atoms with Gasteiger partial charge in [-0.1, -0.05) is 36.4 Å². The lowest BCUT2D eigenvalue weighted by Gasteiger charge is -2.18. The molecule has 2 heterocycles. The molecule has 1 N–H and O–H groups in total. The van der Waals surface area contributed by atoms with Gasteiger partial charge >= 0.3 is 0 Å². The Morgan fingerprint density at radius 1 is 1.09 bits per heavy atom. The van der Waals surface area contributed by atoms with Crippen molar-refractivity contribution >= 4 is 5.91 Å². The van der Waals surface area contributed by atoms with E-state index < -0.39 is 0 Å². The smallest absolute Gasteiger partial charge is 0.251 e. The van der Waals surface area contributed by atoms with Crippen molar-refractivity contribution in [3.63, 3.8) is 0 Å². The van der Waals surface area contributed by atoms with Gasteiger partial charge in [-0.15, -0.1) is 0 Å². The van der Waals surface area contributed by atoms with Crippen LogP contribution >= 0.6 is 0 Å². The highest BCUT2D eigenvalue weighted by molar-refractivity contribution is 5.97. The molecule has 1 aliphatic rings. The van der Waals surface area contributed by atoms with Gasteiger partial charge in [0.2, 0.25) is 0 Å². The fourth-order valence-electron chi connectivity index (χ4n) is 2.86. The Morgan fingerprint density at radius 3 is 2.82 bits per heavy atom. The predicted molar refractivity (Wildman–Crippen MR) is 85.0 cm³/mol. The van der Waals surface area contributed by atoms with Crippen LogP contribution in [0.4, 0.5) is 0 Å². The molecule has 1 amide bonds. The predicted octanol–water partition coefficient (Wildman–Crippen LogP) is 2.83. The van der Waals surface area contributed by atoms with Crippen LogP contribution in [0.2, 0.25) is 0 Å². The molecule has 1 aliphatic heterocycles. The third-order valence-electron chi connectivity index (χ3n) is 3.97. The van der Waals surface area contributed by atoms with Gasteiger partial charge < -0.3 is 5.32 Å². The van der Waals surface area contributed by atoms with Gasteiger partial charge in [0.15, 0.2) is 0 Å². The third-order valence-corrected chi connectivity index (χ3v) is 3.97. The molecule has 4 heteroatoms. The Kier molecular flexibility index (Phi) is 3.00. The number of hydrogen-bond acceptors (Lipinski definition) is 2. The molecule has 4 nitrogen and oxygen atoms in total. The van der Waals surface area contributed by atoms with Gasteiger partial charge in [0.25, 0.3) is 5.91 Å². The lowest BCUT2D eigenvalue weighted by molar-refractivity contribution is 0.0946. The molecule has 1 aromatic heterocycles. The van der Waals surface area contributed by atoms with E-state index in [0.29, 0.717) is 6.54 Å². The lowest BCUT2D eigenvalue weighted by atomic mass is 9.99. The van der Waals surface area contributed by atoms with E-state index in [2.05, 4.69) is 10.3 Å². The van der Waals surface area contributed by atoms with Crippen molar-refractivity contribution < 1.29 is 4.79 Å². The highest BCUT2D eigenvalue weighted by atomic mass is 16.1. The molecule has 0 bridgehead atoms. The maximum absolute atomic E-state index is 12.0. The van der Waals surface area contributed by atoms with Gasteiger partial charge in [-0.2, -0.15) is 0 Å². The minimum atomic E-state index is 0.00414. The number of aromatic nitrogens is 2. The maximum atomic E-state index is 12.0. The zero-order valence-electron chi connectivity index (χ0n) is 12.0. The Balaban J connectivity index is 1.83. The molecule has 22 heavy (non-hydrogen) atoms. The van der Waals surface area contributed by atoms with Crippen LogP contribution in [-0.2, 0) is 6.42 Å². The Morgan fingerprint density at radius 2 is 1.95 bits per heavy atom. The van der Waals surface area contributed by atoms with Crippen molar-refractivity contribution in [2.75, 3.05) is 6.54 Å². The highest BCUT2D eigenvalue weighted by Crippen LogP contribution is 2.24. The van der Waals surface area contributed by atoms with Gasteiger partial charge in [0.1, 0.15) is 5.82 Å². The van der Waals surface area contributed by atoms with Crippen LogP contribution in [0.25, 0.3) is 17.1 Å². The van der Waals surface area contributed by atoms with Crippen LogP contribution < -0.4 is 5.32 Å². The number of rotatable bonds is 2. The standard InChI is InChI=1S/C18H15N3O/c22-18-16-12-15(7-6-13(16)8-9-20-18)21-11-10-19-17(21)14-4-2-1-3-5-14/h1-7,10-12H,8-9H2,(H,20,22). The van der Waals surface area contributed by atoms with E-state index in [1.54, 1.807) is 6.20 Å². The highest BCUT2D eigenvalue weighted by Gasteiger charge is 2.17. The summed E-state index contributed by atoms with van der Waals surface area (Å²) >= 11 is 0. The summed E-state index contributed by atoms with van der Waals surface area (Å²) in [6.07, 6.45) is 4.59. The van der Waals surface area contributed by atoms with Gasteiger partial charge in [0.05, 0.1) is 0 Å². The van der Waals surface area contributed by atoms with Gasteiger partial charge in [-0.25, -0.2) is 4.98 Å². The van der Waals surface area contributed by atoms with Crippen LogP contribution in [0, 0.1) is 0 Å². The van der Waals surface area contributed by atoms with Crippen molar-refractivity contribution in [3.05, 3.63) is 72.1 Å². The van der Waals surface area contributed by atoms with Crippen molar-refractivity contribution in [1.29, 1.82) is 0 Å². The van der Waals surface area contributed by atoms with Gasteiger partial charge in [-0.3, -0.25) is 9.36 Å². The first-order valence-corrected chi connectivity index (χ1v) is 7.33. The molecule has 4 rings (SSSR count).